The Balaban J connectivity index is 2.17. The fourth-order valence-electron chi connectivity index (χ4n) is 1.35. The van der Waals surface area contributed by atoms with Crippen LogP contribution in [0.2, 0.25) is 0 Å². The Morgan fingerprint density at radius 2 is 2.29 bits per heavy atom. The van der Waals surface area contributed by atoms with Gasteiger partial charge in [-0.1, -0.05) is 12.1 Å². The average molecular weight is 204 g/mol. The lowest BCUT2D eigenvalue weighted by atomic mass is 10.2. The lowest BCUT2D eigenvalue weighted by Gasteiger charge is -2.03. The average Bonchev–Trinajstić information content (AvgIpc) is 2.71. The summed E-state index contributed by atoms with van der Waals surface area (Å²) in [5, 5.41) is 4.18. The van der Waals surface area contributed by atoms with E-state index in [1.165, 1.54) is 10.5 Å². The molecule has 2 nitrogen and oxygen atoms in total. The highest BCUT2D eigenvalue weighted by Crippen LogP contribution is 2.16. The van der Waals surface area contributed by atoms with Gasteiger partial charge in [0.25, 0.3) is 0 Å². The van der Waals surface area contributed by atoms with Crippen molar-refractivity contribution in [1.29, 1.82) is 0 Å². The maximum atomic E-state index is 4.18. The molecule has 0 saturated heterocycles. The molecule has 0 N–H and O–H groups in total. The molecule has 0 aliphatic rings. The number of nitrogens with zero attached hydrogens (tertiary/aromatic N) is 2. The summed E-state index contributed by atoms with van der Waals surface area (Å²) in [6.07, 6.45) is 5.87. The number of thioether (sulfide) groups is 1. The first-order chi connectivity index (χ1) is 6.88. The zero-order valence-corrected chi connectivity index (χ0v) is 8.87. The summed E-state index contributed by atoms with van der Waals surface area (Å²) in [7, 11) is 0. The SMILES string of the molecule is CSc1cccc(Cn2cccn2)c1. The van der Waals surface area contributed by atoms with Crippen LogP contribution in [-0.4, -0.2) is 16.0 Å². The molecule has 0 aliphatic carbocycles. The molecule has 3 heteroatoms. The molecule has 0 fully saturated rings. The molecule has 0 radical (unpaired) electrons. The van der Waals surface area contributed by atoms with Crippen LogP contribution in [0.15, 0.2) is 47.6 Å². The van der Waals surface area contributed by atoms with E-state index in [1.54, 1.807) is 18.0 Å². The highest BCUT2D eigenvalue weighted by atomic mass is 32.2. The molecule has 0 spiro atoms. The van der Waals surface area contributed by atoms with E-state index >= 15 is 0 Å². The number of aromatic nitrogens is 2. The van der Waals surface area contributed by atoms with Gasteiger partial charge in [-0.25, -0.2) is 0 Å². The third-order valence-electron chi connectivity index (χ3n) is 2.04. The molecule has 1 heterocycles. The molecule has 0 bridgehead atoms. The van der Waals surface area contributed by atoms with Gasteiger partial charge in [-0.3, -0.25) is 4.68 Å². The number of rotatable bonds is 3. The Bertz CT molecular complexity index is 395. The van der Waals surface area contributed by atoms with E-state index < -0.39 is 0 Å². The summed E-state index contributed by atoms with van der Waals surface area (Å²) in [5.41, 5.74) is 1.29. The molecule has 0 amide bonds. The molecule has 0 saturated carbocycles. The standard InChI is InChI=1S/C11H12N2S/c1-14-11-5-2-4-10(8-11)9-13-7-3-6-12-13/h2-8H,9H2,1H3. The van der Waals surface area contributed by atoms with Gasteiger partial charge < -0.3 is 0 Å². The predicted molar refractivity (Wildman–Crippen MR) is 59.6 cm³/mol. The Morgan fingerprint density at radius 1 is 1.36 bits per heavy atom. The fraction of sp³-hybridized carbons (Fsp3) is 0.182. The zero-order chi connectivity index (χ0) is 9.80. The molecular formula is C11H12N2S. The molecular weight excluding hydrogens is 192 g/mol. The highest BCUT2D eigenvalue weighted by molar-refractivity contribution is 7.98. The minimum Gasteiger partial charge on any atom is -0.268 e. The summed E-state index contributed by atoms with van der Waals surface area (Å²) in [6.45, 7) is 0.849. The summed E-state index contributed by atoms with van der Waals surface area (Å²) in [4.78, 5) is 1.30. The highest BCUT2D eigenvalue weighted by Gasteiger charge is 1.96. The van der Waals surface area contributed by atoms with Crippen molar-refractivity contribution in [1.82, 2.24) is 9.78 Å². The van der Waals surface area contributed by atoms with Gasteiger partial charge in [-0.2, -0.15) is 5.10 Å². The second-order valence-corrected chi connectivity index (χ2v) is 3.93. The van der Waals surface area contributed by atoms with Crippen molar-refractivity contribution in [3.63, 3.8) is 0 Å². The maximum Gasteiger partial charge on any atom is 0.0659 e. The van der Waals surface area contributed by atoms with Crippen LogP contribution in [0.25, 0.3) is 0 Å². The van der Waals surface area contributed by atoms with Gasteiger partial charge in [-0.15, -0.1) is 11.8 Å². The Labute approximate surface area is 87.9 Å². The van der Waals surface area contributed by atoms with Gasteiger partial charge in [0, 0.05) is 17.3 Å². The van der Waals surface area contributed by atoms with Gasteiger partial charge in [-0.05, 0) is 30.0 Å². The summed E-state index contributed by atoms with van der Waals surface area (Å²) in [5.74, 6) is 0. The molecule has 14 heavy (non-hydrogen) atoms. The van der Waals surface area contributed by atoms with Crippen LogP contribution in [0.3, 0.4) is 0 Å². The van der Waals surface area contributed by atoms with Gasteiger partial charge in [0.15, 0.2) is 0 Å². The van der Waals surface area contributed by atoms with Crippen LogP contribution < -0.4 is 0 Å². The van der Waals surface area contributed by atoms with Crippen LogP contribution in [0.4, 0.5) is 0 Å². The van der Waals surface area contributed by atoms with Gasteiger partial charge in [0.05, 0.1) is 6.54 Å². The molecule has 0 atom stereocenters. The first kappa shape index (κ1) is 9.34. The monoisotopic (exact) mass is 204 g/mol. The largest absolute Gasteiger partial charge is 0.268 e. The maximum absolute atomic E-state index is 4.18. The smallest absolute Gasteiger partial charge is 0.0659 e. The lowest BCUT2D eigenvalue weighted by Crippen LogP contribution is -1.99. The van der Waals surface area contributed by atoms with Crippen LogP contribution in [-0.2, 0) is 6.54 Å². The number of hydrogen-bond donors (Lipinski definition) is 0. The number of benzene rings is 1. The topological polar surface area (TPSA) is 17.8 Å². The van der Waals surface area contributed by atoms with E-state index in [9.17, 15) is 0 Å². The molecule has 2 rings (SSSR count). The first-order valence-electron chi connectivity index (χ1n) is 4.49. The second-order valence-electron chi connectivity index (χ2n) is 3.06. The van der Waals surface area contributed by atoms with Crippen LogP contribution in [0, 0.1) is 0 Å². The van der Waals surface area contributed by atoms with Crippen molar-refractivity contribution >= 4 is 11.8 Å². The first-order valence-corrected chi connectivity index (χ1v) is 5.71. The Kier molecular flexibility index (Phi) is 2.89. The Morgan fingerprint density at radius 3 is 3.00 bits per heavy atom. The summed E-state index contributed by atoms with van der Waals surface area (Å²) >= 11 is 1.77. The third-order valence-corrected chi connectivity index (χ3v) is 2.76. The van der Waals surface area contributed by atoms with Crippen molar-refractivity contribution in [3.05, 3.63) is 48.3 Å². The minimum atomic E-state index is 0.849. The molecule has 0 unspecified atom stereocenters. The van der Waals surface area contributed by atoms with E-state index in [0.29, 0.717) is 0 Å². The van der Waals surface area contributed by atoms with E-state index in [4.69, 9.17) is 0 Å². The molecule has 2 aromatic rings. The molecule has 1 aromatic carbocycles. The van der Waals surface area contributed by atoms with Crippen LogP contribution in [0.5, 0.6) is 0 Å². The third kappa shape index (κ3) is 2.17. The van der Waals surface area contributed by atoms with E-state index in [2.05, 4.69) is 35.6 Å². The predicted octanol–water partition coefficient (Wildman–Crippen LogP) is 2.65. The van der Waals surface area contributed by atoms with Crippen LogP contribution in [0.1, 0.15) is 5.56 Å². The zero-order valence-electron chi connectivity index (χ0n) is 8.05. The van der Waals surface area contributed by atoms with Crippen molar-refractivity contribution in [2.24, 2.45) is 0 Å². The van der Waals surface area contributed by atoms with E-state index in [-0.39, 0.29) is 0 Å². The van der Waals surface area contributed by atoms with Crippen molar-refractivity contribution in [2.75, 3.05) is 6.26 Å². The lowest BCUT2D eigenvalue weighted by molar-refractivity contribution is 0.686. The fourth-order valence-corrected chi connectivity index (χ4v) is 1.84. The van der Waals surface area contributed by atoms with Gasteiger partial charge in [0.2, 0.25) is 0 Å². The molecule has 72 valence electrons. The number of hydrogen-bond acceptors (Lipinski definition) is 2. The van der Waals surface area contributed by atoms with Crippen molar-refractivity contribution < 1.29 is 0 Å². The van der Waals surface area contributed by atoms with Gasteiger partial charge >= 0.3 is 0 Å². The summed E-state index contributed by atoms with van der Waals surface area (Å²) in [6, 6.07) is 10.5. The van der Waals surface area contributed by atoms with Crippen LogP contribution >= 0.6 is 11.8 Å². The van der Waals surface area contributed by atoms with Crippen molar-refractivity contribution in [3.8, 4) is 0 Å². The molecule has 1 aromatic heterocycles. The van der Waals surface area contributed by atoms with Crippen molar-refractivity contribution in [2.45, 2.75) is 11.4 Å². The van der Waals surface area contributed by atoms with E-state index in [0.717, 1.165) is 6.54 Å². The summed E-state index contributed by atoms with van der Waals surface area (Å²) < 4.78 is 1.93. The van der Waals surface area contributed by atoms with E-state index in [1.807, 2.05) is 16.9 Å². The molecule has 0 aliphatic heterocycles. The van der Waals surface area contributed by atoms with Gasteiger partial charge in [0.1, 0.15) is 0 Å². The normalized spacial score (nSPS) is 10.4. The quantitative estimate of drug-likeness (QED) is 0.715. The Hall–Kier alpha value is -1.22. The second kappa shape index (κ2) is 4.33. The minimum absolute atomic E-state index is 0.849.